The Morgan fingerprint density at radius 1 is 1.05 bits per heavy atom. The van der Waals surface area contributed by atoms with Crippen LogP contribution < -0.4 is 0 Å². The second kappa shape index (κ2) is 11.7. The fourth-order valence-electron chi connectivity index (χ4n) is 2.35. The van der Waals surface area contributed by atoms with E-state index in [1.165, 1.54) is 44.1 Å². The Balaban J connectivity index is 2.03. The lowest BCUT2D eigenvalue weighted by Crippen LogP contribution is -2.08. The lowest BCUT2D eigenvalue weighted by molar-refractivity contribution is 0.104. The van der Waals surface area contributed by atoms with Crippen LogP contribution in [-0.4, -0.2) is 13.2 Å². The summed E-state index contributed by atoms with van der Waals surface area (Å²) in [5.41, 5.74) is 1.30. The molecule has 0 aromatic heterocycles. The molecule has 1 nitrogen and oxygen atoms in total. The summed E-state index contributed by atoms with van der Waals surface area (Å²) < 4.78 is 5.52. The van der Waals surface area contributed by atoms with Crippen molar-refractivity contribution in [3.63, 3.8) is 0 Å². The molecule has 0 saturated carbocycles. The summed E-state index contributed by atoms with van der Waals surface area (Å²) in [7, 11) is 0. The van der Waals surface area contributed by atoms with Crippen LogP contribution in [0.4, 0.5) is 0 Å². The first-order valence-electron chi connectivity index (χ1n) is 8.16. The first kappa shape index (κ1) is 17.0. The molecule has 20 heavy (non-hydrogen) atoms. The minimum atomic E-state index is 0.759. The zero-order chi connectivity index (χ0) is 14.5. The van der Waals surface area contributed by atoms with Crippen LogP contribution in [0.3, 0.4) is 0 Å². The first-order chi connectivity index (χ1) is 9.86. The van der Waals surface area contributed by atoms with Gasteiger partial charge in [0.15, 0.2) is 0 Å². The van der Waals surface area contributed by atoms with Crippen LogP contribution >= 0.6 is 0 Å². The van der Waals surface area contributed by atoms with E-state index in [0.717, 1.165) is 19.1 Å². The number of hydrogen-bond donors (Lipinski definition) is 0. The molecule has 0 amide bonds. The van der Waals surface area contributed by atoms with Gasteiger partial charge in [-0.25, -0.2) is 0 Å². The summed E-state index contributed by atoms with van der Waals surface area (Å²) in [5, 5.41) is 0. The Kier molecular flexibility index (Phi) is 9.95. The zero-order valence-corrected chi connectivity index (χ0v) is 13.2. The second-order valence-electron chi connectivity index (χ2n) is 5.38. The Hall–Kier alpha value is -1.08. The molecule has 0 N–H and O–H groups in total. The van der Waals surface area contributed by atoms with Crippen molar-refractivity contribution in [1.82, 2.24) is 0 Å². The molecule has 1 atom stereocenters. The predicted molar refractivity (Wildman–Crippen MR) is 88.8 cm³/mol. The van der Waals surface area contributed by atoms with Crippen LogP contribution in [-0.2, 0) is 4.74 Å². The average molecular weight is 274 g/mol. The number of rotatable bonds is 11. The van der Waals surface area contributed by atoms with E-state index >= 15 is 0 Å². The summed E-state index contributed by atoms with van der Waals surface area (Å²) in [5.74, 6) is 0.759. The van der Waals surface area contributed by atoms with Crippen molar-refractivity contribution in [2.45, 2.75) is 52.4 Å². The minimum Gasteiger partial charge on any atom is -0.381 e. The molecule has 0 heterocycles. The Morgan fingerprint density at radius 2 is 1.85 bits per heavy atom. The van der Waals surface area contributed by atoms with Gasteiger partial charge in [-0.15, -0.1) is 0 Å². The average Bonchev–Trinajstić information content (AvgIpc) is 2.50. The molecule has 0 aliphatic heterocycles. The summed E-state index contributed by atoms with van der Waals surface area (Å²) in [4.78, 5) is 0. The van der Waals surface area contributed by atoms with E-state index in [0.29, 0.717) is 0 Å². The van der Waals surface area contributed by atoms with Crippen LogP contribution in [0.1, 0.15) is 57.9 Å². The van der Waals surface area contributed by atoms with Gasteiger partial charge < -0.3 is 4.74 Å². The fraction of sp³-hybridized carbons (Fsp3) is 0.579. The van der Waals surface area contributed by atoms with Crippen LogP contribution in [0.2, 0.25) is 0 Å². The van der Waals surface area contributed by atoms with Crippen molar-refractivity contribution in [3.8, 4) is 0 Å². The molecule has 1 aromatic carbocycles. The maximum absolute atomic E-state index is 5.52. The van der Waals surface area contributed by atoms with Gasteiger partial charge in [0.25, 0.3) is 0 Å². The third kappa shape index (κ3) is 8.16. The van der Waals surface area contributed by atoms with Gasteiger partial charge in [0.05, 0.1) is 0 Å². The van der Waals surface area contributed by atoms with Crippen LogP contribution in [0.15, 0.2) is 36.4 Å². The maximum Gasteiger partial charge on any atom is 0.0494 e. The third-order valence-corrected chi connectivity index (χ3v) is 3.73. The fourth-order valence-corrected chi connectivity index (χ4v) is 2.35. The lowest BCUT2D eigenvalue weighted by Gasteiger charge is -2.13. The highest BCUT2D eigenvalue weighted by Crippen LogP contribution is 2.15. The van der Waals surface area contributed by atoms with Gasteiger partial charge in [0, 0.05) is 13.2 Å². The molecule has 0 aliphatic carbocycles. The highest BCUT2D eigenvalue weighted by Gasteiger charge is 2.05. The highest BCUT2D eigenvalue weighted by atomic mass is 16.5. The topological polar surface area (TPSA) is 9.23 Å². The smallest absolute Gasteiger partial charge is 0.0494 e. The highest BCUT2D eigenvalue weighted by molar-refractivity contribution is 5.48. The molecule has 0 fully saturated rings. The SMILES string of the molecule is CCOCC(CC)CCCCCC=Cc1ccccc1. The van der Waals surface area contributed by atoms with Gasteiger partial charge >= 0.3 is 0 Å². The van der Waals surface area contributed by atoms with Crippen molar-refractivity contribution in [1.29, 1.82) is 0 Å². The molecule has 1 unspecified atom stereocenters. The molecule has 0 aliphatic rings. The van der Waals surface area contributed by atoms with Gasteiger partial charge in [0.2, 0.25) is 0 Å². The maximum atomic E-state index is 5.52. The van der Waals surface area contributed by atoms with Crippen molar-refractivity contribution in [3.05, 3.63) is 42.0 Å². The van der Waals surface area contributed by atoms with Gasteiger partial charge in [-0.1, -0.05) is 68.7 Å². The molecule has 0 spiro atoms. The first-order valence-corrected chi connectivity index (χ1v) is 8.16. The van der Waals surface area contributed by atoms with E-state index < -0.39 is 0 Å². The molecule has 1 aromatic rings. The molecule has 0 bridgehead atoms. The third-order valence-electron chi connectivity index (χ3n) is 3.73. The van der Waals surface area contributed by atoms with Crippen molar-refractivity contribution >= 4 is 6.08 Å². The summed E-state index contributed by atoms with van der Waals surface area (Å²) in [6, 6.07) is 10.5. The number of benzene rings is 1. The normalized spacial score (nSPS) is 12.9. The number of hydrogen-bond acceptors (Lipinski definition) is 1. The van der Waals surface area contributed by atoms with Gasteiger partial charge in [0.1, 0.15) is 0 Å². The van der Waals surface area contributed by atoms with Crippen LogP contribution in [0, 0.1) is 5.92 Å². The van der Waals surface area contributed by atoms with Gasteiger partial charge in [-0.2, -0.15) is 0 Å². The monoisotopic (exact) mass is 274 g/mol. The van der Waals surface area contributed by atoms with E-state index in [2.05, 4.69) is 56.3 Å². The largest absolute Gasteiger partial charge is 0.381 e. The second-order valence-corrected chi connectivity index (χ2v) is 5.38. The molecule has 112 valence electrons. The van der Waals surface area contributed by atoms with Crippen LogP contribution in [0.25, 0.3) is 6.08 Å². The quantitative estimate of drug-likeness (QED) is 0.469. The molecular weight excluding hydrogens is 244 g/mol. The number of allylic oxidation sites excluding steroid dienone is 1. The summed E-state index contributed by atoms with van der Waals surface area (Å²) in [6.45, 7) is 6.14. The molecule has 1 heteroatoms. The molecular formula is C19H30O. The molecule has 1 rings (SSSR count). The zero-order valence-electron chi connectivity index (χ0n) is 13.2. The van der Waals surface area contributed by atoms with E-state index in [1.54, 1.807) is 0 Å². The van der Waals surface area contributed by atoms with E-state index in [-0.39, 0.29) is 0 Å². The van der Waals surface area contributed by atoms with E-state index in [4.69, 9.17) is 4.74 Å². The van der Waals surface area contributed by atoms with E-state index in [1.807, 2.05) is 0 Å². The van der Waals surface area contributed by atoms with Gasteiger partial charge in [-0.05, 0) is 37.7 Å². The molecule has 0 saturated heterocycles. The number of ether oxygens (including phenoxy) is 1. The van der Waals surface area contributed by atoms with Crippen molar-refractivity contribution < 1.29 is 4.74 Å². The Labute approximate surface area is 125 Å². The number of unbranched alkanes of at least 4 members (excludes halogenated alkanes) is 3. The van der Waals surface area contributed by atoms with Gasteiger partial charge in [-0.3, -0.25) is 0 Å². The molecule has 0 radical (unpaired) electrons. The summed E-state index contributed by atoms with van der Waals surface area (Å²) >= 11 is 0. The van der Waals surface area contributed by atoms with Crippen LogP contribution in [0.5, 0.6) is 0 Å². The lowest BCUT2D eigenvalue weighted by atomic mass is 9.99. The Morgan fingerprint density at radius 3 is 2.55 bits per heavy atom. The standard InChI is InChI=1S/C19H30O/c1-3-18(17-20-4-2)13-9-6-5-7-10-14-19-15-11-8-12-16-19/h8,10-12,14-16,18H,3-7,9,13,17H2,1-2H3. The Bertz CT molecular complexity index is 342. The summed E-state index contributed by atoms with van der Waals surface area (Å²) in [6.07, 6.45) is 12.3. The van der Waals surface area contributed by atoms with Crippen molar-refractivity contribution in [2.24, 2.45) is 5.92 Å². The predicted octanol–water partition coefficient (Wildman–Crippen LogP) is 5.71. The van der Waals surface area contributed by atoms with E-state index in [9.17, 15) is 0 Å². The minimum absolute atomic E-state index is 0.759. The van der Waals surface area contributed by atoms with Crippen molar-refractivity contribution in [2.75, 3.05) is 13.2 Å².